The molecular weight excluding hydrogens is 460 g/mol. The average molecular weight is 499 g/mol. The van der Waals surface area contributed by atoms with Gasteiger partial charge in [-0.25, -0.2) is 0 Å². The third-order valence-electron chi connectivity index (χ3n) is 8.08. The number of nitrogens with zero attached hydrogens (tertiary/aromatic N) is 4. The fraction of sp³-hybridized carbons (Fsp3) is 0.667. The van der Waals surface area contributed by atoms with Crippen LogP contribution < -0.4 is 4.90 Å². The van der Waals surface area contributed by atoms with Crippen LogP contribution in [0, 0.1) is 0 Å². The molecule has 35 heavy (non-hydrogen) atoms. The van der Waals surface area contributed by atoms with Crippen molar-refractivity contribution < 1.29 is 14.4 Å². The fourth-order valence-electron chi connectivity index (χ4n) is 6.01. The van der Waals surface area contributed by atoms with Gasteiger partial charge in [-0.15, -0.1) is 11.8 Å². The first kappa shape index (κ1) is 24.6. The normalized spacial score (nSPS) is 24.7. The summed E-state index contributed by atoms with van der Waals surface area (Å²) in [5, 5.41) is -0.807. The summed E-state index contributed by atoms with van der Waals surface area (Å²) < 4.78 is 0. The van der Waals surface area contributed by atoms with E-state index in [4.69, 9.17) is 0 Å². The maximum absolute atomic E-state index is 13.6. The number of hydrogen-bond acceptors (Lipinski definition) is 5. The molecule has 0 aromatic heterocycles. The largest absolute Gasteiger partial charge is 0.341 e. The molecule has 1 aromatic carbocycles. The van der Waals surface area contributed by atoms with Crippen molar-refractivity contribution in [3.63, 3.8) is 0 Å². The highest BCUT2D eigenvalue weighted by Gasteiger charge is 2.41. The van der Waals surface area contributed by atoms with Crippen molar-refractivity contribution in [2.75, 3.05) is 50.7 Å². The number of hydrogen-bond donors (Lipinski definition) is 0. The smallest absolute Gasteiger partial charge is 0.250 e. The number of anilines is 1. The molecule has 2 saturated heterocycles. The van der Waals surface area contributed by atoms with Gasteiger partial charge in [-0.05, 0) is 37.8 Å². The van der Waals surface area contributed by atoms with Crippen LogP contribution in [-0.4, -0.2) is 89.5 Å². The minimum Gasteiger partial charge on any atom is -0.341 e. The summed E-state index contributed by atoms with van der Waals surface area (Å²) in [5.41, 5.74) is 0.747. The number of amides is 3. The van der Waals surface area contributed by atoms with Crippen LogP contribution in [0.25, 0.3) is 0 Å². The van der Waals surface area contributed by atoms with E-state index in [1.165, 1.54) is 43.9 Å². The lowest BCUT2D eigenvalue weighted by Crippen LogP contribution is -2.56. The van der Waals surface area contributed by atoms with E-state index in [-0.39, 0.29) is 24.3 Å². The van der Waals surface area contributed by atoms with E-state index in [1.807, 2.05) is 34.1 Å². The molecule has 1 unspecified atom stereocenters. The lowest BCUT2D eigenvalue weighted by atomic mass is 9.94. The number of benzene rings is 1. The van der Waals surface area contributed by atoms with E-state index in [0.29, 0.717) is 19.1 Å². The number of thioether (sulfide) groups is 1. The first-order chi connectivity index (χ1) is 17.1. The summed E-state index contributed by atoms with van der Waals surface area (Å²) in [5.74, 6) is -0.378. The molecular formula is C27H38N4O3S. The van der Waals surface area contributed by atoms with Crippen LogP contribution in [0.15, 0.2) is 29.2 Å². The number of rotatable bonds is 4. The minimum absolute atomic E-state index is 0.00359. The van der Waals surface area contributed by atoms with E-state index >= 15 is 0 Å². The van der Waals surface area contributed by atoms with Crippen molar-refractivity contribution in [3.8, 4) is 0 Å². The van der Waals surface area contributed by atoms with Gasteiger partial charge in [-0.2, -0.15) is 0 Å². The van der Waals surface area contributed by atoms with Crippen molar-refractivity contribution in [2.45, 2.75) is 74.0 Å². The van der Waals surface area contributed by atoms with Crippen LogP contribution in [0.5, 0.6) is 0 Å². The van der Waals surface area contributed by atoms with Crippen molar-refractivity contribution in [2.24, 2.45) is 0 Å². The highest BCUT2D eigenvalue weighted by Crippen LogP contribution is 2.40. The number of para-hydroxylation sites is 1. The Balaban J connectivity index is 1.26. The lowest BCUT2D eigenvalue weighted by molar-refractivity contribution is -0.137. The molecule has 7 nitrogen and oxygen atoms in total. The second kappa shape index (κ2) is 11.3. The Kier molecular flexibility index (Phi) is 7.97. The molecule has 0 radical (unpaired) electrons. The van der Waals surface area contributed by atoms with Crippen LogP contribution >= 0.6 is 11.8 Å². The number of likely N-dealkylation sites (tertiary alicyclic amines) is 1. The van der Waals surface area contributed by atoms with E-state index in [2.05, 4.69) is 4.90 Å². The monoisotopic (exact) mass is 498 g/mol. The molecule has 3 heterocycles. The molecule has 1 aromatic rings. The van der Waals surface area contributed by atoms with E-state index < -0.39 is 5.25 Å². The molecule has 1 saturated carbocycles. The first-order valence-corrected chi connectivity index (χ1v) is 14.4. The highest BCUT2D eigenvalue weighted by atomic mass is 32.2. The minimum atomic E-state index is -0.807. The summed E-state index contributed by atoms with van der Waals surface area (Å²) in [6.45, 7) is 4.68. The topological polar surface area (TPSA) is 64.2 Å². The average Bonchev–Trinajstić information content (AvgIpc) is 3.20. The fourth-order valence-corrected chi connectivity index (χ4v) is 7.20. The van der Waals surface area contributed by atoms with E-state index in [0.717, 1.165) is 62.4 Å². The Morgan fingerprint density at radius 2 is 1.46 bits per heavy atom. The third-order valence-corrected chi connectivity index (χ3v) is 9.32. The second-order valence-corrected chi connectivity index (χ2v) is 11.5. The summed E-state index contributed by atoms with van der Waals surface area (Å²) in [6.07, 6.45) is 10.8. The standard InChI is InChI=1S/C27H38N4O3S/c32-24(29-18-16-28(17-19-29)21-10-4-3-5-11-21)20-31-22-12-6-7-13-23(22)35-25(27(31)34)26(33)30-14-8-1-2-9-15-30/h6-7,12-13,21,25H,1-5,8-11,14-20H2. The van der Waals surface area contributed by atoms with E-state index in [1.54, 1.807) is 4.90 Å². The number of carbonyl (C=O) groups is 3. The lowest BCUT2D eigenvalue weighted by Gasteiger charge is -2.41. The zero-order chi connectivity index (χ0) is 24.2. The predicted molar refractivity (Wildman–Crippen MR) is 139 cm³/mol. The quantitative estimate of drug-likeness (QED) is 0.596. The zero-order valence-corrected chi connectivity index (χ0v) is 21.5. The van der Waals surface area contributed by atoms with Crippen LogP contribution in [0.1, 0.15) is 57.8 Å². The number of fused-ring (bicyclic) bond motifs is 1. The Morgan fingerprint density at radius 3 is 2.17 bits per heavy atom. The van der Waals surface area contributed by atoms with Crippen LogP contribution in [0.4, 0.5) is 5.69 Å². The highest BCUT2D eigenvalue weighted by molar-refractivity contribution is 8.01. The molecule has 3 amide bonds. The third kappa shape index (κ3) is 5.53. The Bertz CT molecular complexity index is 919. The van der Waals surface area contributed by atoms with Gasteiger partial charge >= 0.3 is 0 Å². The molecule has 3 fully saturated rings. The van der Waals surface area contributed by atoms with Crippen LogP contribution in [0.3, 0.4) is 0 Å². The summed E-state index contributed by atoms with van der Waals surface area (Å²) in [4.78, 5) is 49.1. The molecule has 5 rings (SSSR count). The van der Waals surface area contributed by atoms with Crippen LogP contribution in [0.2, 0.25) is 0 Å². The Hall–Kier alpha value is -2.06. The van der Waals surface area contributed by atoms with Gasteiger partial charge in [-0.3, -0.25) is 19.3 Å². The molecule has 0 N–H and O–H groups in total. The summed E-state index contributed by atoms with van der Waals surface area (Å²) in [6, 6.07) is 8.33. The van der Waals surface area contributed by atoms with Crippen molar-refractivity contribution >= 4 is 35.2 Å². The maximum atomic E-state index is 13.6. The van der Waals surface area contributed by atoms with E-state index in [9.17, 15) is 14.4 Å². The first-order valence-electron chi connectivity index (χ1n) is 13.5. The molecule has 0 bridgehead atoms. The van der Waals surface area contributed by atoms with Gasteiger partial charge in [0.2, 0.25) is 11.8 Å². The van der Waals surface area contributed by atoms with Gasteiger partial charge in [-0.1, -0.05) is 44.2 Å². The van der Waals surface area contributed by atoms with Crippen LogP contribution in [-0.2, 0) is 14.4 Å². The molecule has 3 aliphatic heterocycles. The Labute approximate surface area is 213 Å². The molecule has 0 spiro atoms. The number of carbonyl (C=O) groups excluding carboxylic acids is 3. The van der Waals surface area contributed by atoms with Gasteiger partial charge in [0, 0.05) is 50.2 Å². The molecule has 8 heteroatoms. The molecule has 1 atom stereocenters. The molecule has 1 aliphatic carbocycles. The van der Waals surface area contributed by atoms with Crippen molar-refractivity contribution in [3.05, 3.63) is 24.3 Å². The molecule has 190 valence electrons. The number of piperazine rings is 1. The zero-order valence-electron chi connectivity index (χ0n) is 20.7. The maximum Gasteiger partial charge on any atom is 0.250 e. The van der Waals surface area contributed by atoms with Gasteiger partial charge in [0.15, 0.2) is 5.25 Å². The van der Waals surface area contributed by atoms with Gasteiger partial charge in [0.1, 0.15) is 6.54 Å². The summed E-state index contributed by atoms with van der Waals surface area (Å²) in [7, 11) is 0. The van der Waals surface area contributed by atoms with Gasteiger partial charge in [0.25, 0.3) is 5.91 Å². The van der Waals surface area contributed by atoms with Gasteiger partial charge in [0.05, 0.1) is 5.69 Å². The predicted octanol–water partition coefficient (Wildman–Crippen LogP) is 3.37. The Morgan fingerprint density at radius 1 is 0.800 bits per heavy atom. The second-order valence-electron chi connectivity index (χ2n) is 10.3. The summed E-state index contributed by atoms with van der Waals surface area (Å²) >= 11 is 1.34. The van der Waals surface area contributed by atoms with Crippen molar-refractivity contribution in [1.82, 2.24) is 14.7 Å². The van der Waals surface area contributed by atoms with Crippen molar-refractivity contribution in [1.29, 1.82) is 0 Å². The van der Waals surface area contributed by atoms with Gasteiger partial charge < -0.3 is 14.7 Å². The molecule has 4 aliphatic rings. The SMILES string of the molecule is O=C(CN1C(=O)C(C(=O)N2CCCCCC2)Sc2ccccc21)N1CCN(C2CCCCC2)CC1.